The van der Waals surface area contributed by atoms with Crippen molar-refractivity contribution in [3.8, 4) is 0 Å². The lowest BCUT2D eigenvalue weighted by Crippen LogP contribution is -2.36. The summed E-state index contributed by atoms with van der Waals surface area (Å²) in [6.07, 6.45) is 6.30. The maximum Gasteiger partial charge on any atom is 0.0480 e. The molecular weight excluding hydrogens is 224 g/mol. The maximum absolute atomic E-state index is 5.72. The Labute approximate surface area is 113 Å². The molecule has 1 atom stereocenters. The second-order valence-corrected chi connectivity index (χ2v) is 6.56. The fraction of sp³-hybridized carbons (Fsp3) is 1.00. The van der Waals surface area contributed by atoms with E-state index in [9.17, 15) is 0 Å². The van der Waals surface area contributed by atoms with E-state index in [0.29, 0.717) is 0 Å². The molecule has 0 spiro atoms. The summed E-state index contributed by atoms with van der Waals surface area (Å²) in [5, 5.41) is 3.50. The molecule has 1 fully saturated rings. The van der Waals surface area contributed by atoms with E-state index in [1.54, 1.807) is 0 Å². The highest BCUT2D eigenvalue weighted by Gasteiger charge is 2.19. The highest BCUT2D eigenvalue weighted by atomic mass is 16.5. The molecule has 1 saturated heterocycles. The largest absolute Gasteiger partial charge is 0.381 e. The van der Waals surface area contributed by atoms with Crippen molar-refractivity contribution in [1.29, 1.82) is 0 Å². The van der Waals surface area contributed by atoms with E-state index in [1.165, 1.54) is 38.6 Å². The van der Waals surface area contributed by atoms with Gasteiger partial charge in [-0.2, -0.15) is 0 Å². The third-order valence-corrected chi connectivity index (χ3v) is 3.64. The van der Waals surface area contributed by atoms with Gasteiger partial charge in [0.15, 0.2) is 0 Å². The molecule has 0 aromatic carbocycles. The summed E-state index contributed by atoms with van der Waals surface area (Å²) in [6.45, 7) is 10.8. The molecule has 1 aliphatic rings. The zero-order valence-electron chi connectivity index (χ0n) is 12.8. The van der Waals surface area contributed by atoms with Crippen LogP contribution in [0.3, 0.4) is 0 Å². The van der Waals surface area contributed by atoms with Crippen molar-refractivity contribution >= 4 is 0 Å². The molecule has 1 rings (SSSR count). The van der Waals surface area contributed by atoms with Gasteiger partial charge in [-0.15, -0.1) is 0 Å². The van der Waals surface area contributed by atoms with E-state index in [-0.39, 0.29) is 5.54 Å². The van der Waals surface area contributed by atoms with Crippen LogP contribution in [-0.2, 0) is 4.74 Å². The van der Waals surface area contributed by atoms with Crippen LogP contribution in [0.15, 0.2) is 0 Å². The van der Waals surface area contributed by atoms with Crippen LogP contribution in [0.4, 0.5) is 0 Å². The topological polar surface area (TPSA) is 24.5 Å². The molecule has 0 aromatic heterocycles. The molecule has 0 aliphatic carbocycles. The molecular formula is C15H32N2O. The molecule has 0 aromatic rings. The smallest absolute Gasteiger partial charge is 0.0480 e. The van der Waals surface area contributed by atoms with Gasteiger partial charge in [-0.05, 0) is 73.0 Å². The van der Waals surface area contributed by atoms with Crippen LogP contribution >= 0.6 is 0 Å². The molecule has 3 nitrogen and oxygen atoms in total. The van der Waals surface area contributed by atoms with Crippen LogP contribution in [-0.4, -0.2) is 49.8 Å². The third kappa shape index (κ3) is 7.34. The molecule has 0 saturated carbocycles. The van der Waals surface area contributed by atoms with Gasteiger partial charge in [-0.1, -0.05) is 0 Å². The van der Waals surface area contributed by atoms with Crippen LogP contribution in [0, 0.1) is 0 Å². The average Bonchev–Trinajstić information content (AvgIpc) is 2.67. The molecule has 1 heterocycles. The predicted molar refractivity (Wildman–Crippen MR) is 78.1 cm³/mol. The van der Waals surface area contributed by atoms with E-state index in [4.69, 9.17) is 4.74 Å². The fourth-order valence-corrected chi connectivity index (χ4v) is 2.46. The number of hydrogen-bond donors (Lipinski definition) is 1. The van der Waals surface area contributed by atoms with Gasteiger partial charge in [-0.3, -0.25) is 0 Å². The highest BCUT2D eigenvalue weighted by molar-refractivity contribution is 4.75. The van der Waals surface area contributed by atoms with Gasteiger partial charge < -0.3 is 15.0 Å². The summed E-state index contributed by atoms with van der Waals surface area (Å²) in [4.78, 5) is 2.47. The summed E-state index contributed by atoms with van der Waals surface area (Å²) in [5.74, 6) is 0. The summed E-state index contributed by atoms with van der Waals surface area (Å²) in [6, 6.07) is 0.771. The Morgan fingerprint density at radius 1 is 1.22 bits per heavy atom. The first-order chi connectivity index (χ1) is 8.49. The summed E-state index contributed by atoms with van der Waals surface area (Å²) in [7, 11) is 2.23. The summed E-state index contributed by atoms with van der Waals surface area (Å²) in [5.41, 5.74) is 0.244. The highest BCUT2D eigenvalue weighted by Crippen LogP contribution is 2.17. The third-order valence-electron chi connectivity index (χ3n) is 3.64. The molecule has 18 heavy (non-hydrogen) atoms. The zero-order valence-corrected chi connectivity index (χ0v) is 12.8. The summed E-state index contributed by atoms with van der Waals surface area (Å²) < 4.78 is 5.72. The Morgan fingerprint density at radius 3 is 2.61 bits per heavy atom. The molecule has 0 amide bonds. The normalized spacial score (nSPS) is 21.7. The van der Waals surface area contributed by atoms with Crippen molar-refractivity contribution in [3.05, 3.63) is 0 Å². The van der Waals surface area contributed by atoms with E-state index >= 15 is 0 Å². The Morgan fingerprint density at radius 2 is 2.00 bits per heavy atom. The minimum Gasteiger partial charge on any atom is -0.381 e. The Balaban J connectivity index is 1.84. The van der Waals surface area contributed by atoms with Crippen LogP contribution in [0.2, 0.25) is 0 Å². The Hall–Kier alpha value is -0.120. The number of ether oxygens (including phenoxy) is 1. The lowest BCUT2D eigenvalue weighted by Gasteiger charge is -2.20. The summed E-state index contributed by atoms with van der Waals surface area (Å²) >= 11 is 0. The number of unbranched alkanes of at least 4 members (excludes halogenated alkanes) is 1. The van der Waals surface area contributed by atoms with Gasteiger partial charge >= 0.3 is 0 Å². The van der Waals surface area contributed by atoms with Crippen molar-refractivity contribution < 1.29 is 4.74 Å². The zero-order chi connectivity index (χ0) is 13.4. The lowest BCUT2D eigenvalue weighted by molar-refractivity contribution is 0.110. The van der Waals surface area contributed by atoms with Gasteiger partial charge in [0.1, 0.15) is 0 Å². The number of likely N-dealkylation sites (tertiary alicyclic amines) is 1. The first-order valence-corrected chi connectivity index (χ1v) is 7.52. The molecule has 1 aliphatic heterocycles. The van der Waals surface area contributed by atoms with Crippen molar-refractivity contribution in [2.45, 2.75) is 64.5 Å². The monoisotopic (exact) mass is 256 g/mol. The van der Waals surface area contributed by atoms with Crippen molar-refractivity contribution in [3.63, 3.8) is 0 Å². The molecule has 1 N–H and O–H groups in total. The van der Waals surface area contributed by atoms with Gasteiger partial charge in [0.05, 0.1) is 0 Å². The Bertz CT molecular complexity index is 213. The van der Waals surface area contributed by atoms with E-state index in [0.717, 1.165) is 25.8 Å². The van der Waals surface area contributed by atoms with E-state index < -0.39 is 0 Å². The first-order valence-electron chi connectivity index (χ1n) is 7.52. The van der Waals surface area contributed by atoms with Crippen molar-refractivity contribution in [2.24, 2.45) is 0 Å². The van der Waals surface area contributed by atoms with Gasteiger partial charge in [0, 0.05) is 24.8 Å². The minimum absolute atomic E-state index is 0.244. The lowest BCUT2D eigenvalue weighted by atomic mass is 10.1. The Kier molecular flexibility index (Phi) is 7.20. The van der Waals surface area contributed by atoms with Crippen LogP contribution in [0.1, 0.15) is 52.9 Å². The molecule has 3 heteroatoms. The van der Waals surface area contributed by atoms with Gasteiger partial charge in [0.2, 0.25) is 0 Å². The maximum atomic E-state index is 5.72. The number of hydrogen-bond acceptors (Lipinski definition) is 3. The van der Waals surface area contributed by atoms with Crippen LogP contribution in [0.5, 0.6) is 0 Å². The standard InChI is InChI=1S/C15H32N2O/c1-15(2,3)16-10-5-6-12-18-13-9-14-8-7-11-17(14)4/h14,16H,5-13H2,1-4H3. The van der Waals surface area contributed by atoms with Crippen molar-refractivity contribution in [2.75, 3.05) is 33.4 Å². The molecule has 1 unspecified atom stereocenters. The molecule has 0 bridgehead atoms. The SMILES string of the molecule is CN1CCCC1CCOCCCCNC(C)(C)C. The van der Waals surface area contributed by atoms with Crippen molar-refractivity contribution in [1.82, 2.24) is 10.2 Å². The fourth-order valence-electron chi connectivity index (χ4n) is 2.46. The molecule has 108 valence electrons. The van der Waals surface area contributed by atoms with Crippen LogP contribution in [0.25, 0.3) is 0 Å². The number of rotatable bonds is 8. The quantitative estimate of drug-likeness (QED) is 0.676. The molecule has 0 radical (unpaired) electrons. The second kappa shape index (κ2) is 8.13. The number of nitrogens with zero attached hydrogens (tertiary/aromatic N) is 1. The van der Waals surface area contributed by atoms with Gasteiger partial charge in [-0.25, -0.2) is 0 Å². The van der Waals surface area contributed by atoms with Crippen LogP contribution < -0.4 is 5.32 Å². The van der Waals surface area contributed by atoms with E-state index in [1.807, 2.05) is 0 Å². The minimum atomic E-state index is 0.244. The first kappa shape index (κ1) is 15.9. The predicted octanol–water partition coefficient (Wildman–Crippen LogP) is 2.66. The average molecular weight is 256 g/mol. The number of nitrogens with one attached hydrogen (secondary N) is 1. The second-order valence-electron chi connectivity index (χ2n) is 6.56. The van der Waals surface area contributed by atoms with E-state index in [2.05, 4.69) is 38.0 Å². The van der Waals surface area contributed by atoms with Gasteiger partial charge in [0.25, 0.3) is 0 Å².